The van der Waals surface area contributed by atoms with Crippen LogP contribution in [0.1, 0.15) is 19.4 Å². The zero-order valence-corrected chi connectivity index (χ0v) is 11.2. The number of carbonyl (C=O) groups excluding carboxylic acids is 1. The predicted octanol–water partition coefficient (Wildman–Crippen LogP) is 2.29. The molecule has 1 aromatic rings. The molecular formula is C14H19NO3. The molecule has 0 bridgehead atoms. The molecule has 0 fully saturated rings. The lowest BCUT2D eigenvalue weighted by Gasteiger charge is -2.12. The van der Waals surface area contributed by atoms with Gasteiger partial charge in [-0.1, -0.05) is 0 Å². The molecule has 0 aliphatic heterocycles. The Balaban J connectivity index is 2.75. The Morgan fingerprint density at radius 1 is 1.28 bits per heavy atom. The van der Waals surface area contributed by atoms with E-state index in [1.54, 1.807) is 20.3 Å². The van der Waals surface area contributed by atoms with E-state index >= 15 is 0 Å². The van der Waals surface area contributed by atoms with Crippen LogP contribution in [0.5, 0.6) is 11.5 Å². The molecule has 0 atom stereocenters. The number of nitrogens with one attached hydrogen (secondary N) is 1. The third kappa shape index (κ3) is 4.13. The van der Waals surface area contributed by atoms with Crippen molar-refractivity contribution in [2.75, 3.05) is 14.2 Å². The highest BCUT2D eigenvalue weighted by Crippen LogP contribution is 2.24. The minimum Gasteiger partial charge on any atom is -0.497 e. The van der Waals surface area contributed by atoms with Gasteiger partial charge in [0, 0.05) is 23.9 Å². The zero-order valence-electron chi connectivity index (χ0n) is 11.2. The molecule has 0 aliphatic rings. The smallest absolute Gasteiger partial charge is 0.154 e. The van der Waals surface area contributed by atoms with Gasteiger partial charge in [-0.05, 0) is 32.1 Å². The van der Waals surface area contributed by atoms with Crippen molar-refractivity contribution in [3.8, 4) is 11.5 Å². The molecule has 98 valence electrons. The van der Waals surface area contributed by atoms with Crippen LogP contribution in [0, 0.1) is 0 Å². The summed E-state index contributed by atoms with van der Waals surface area (Å²) in [4.78, 5) is 10.9. The van der Waals surface area contributed by atoms with Crippen LogP contribution < -0.4 is 14.8 Å². The highest BCUT2D eigenvalue weighted by atomic mass is 16.5. The van der Waals surface area contributed by atoms with Gasteiger partial charge >= 0.3 is 0 Å². The number of benzene rings is 1. The average molecular weight is 249 g/mol. The van der Waals surface area contributed by atoms with Crippen molar-refractivity contribution in [1.82, 2.24) is 5.32 Å². The standard InChI is InChI=1S/C14H19NO3/c1-10(7-11(2)16)15-9-12-5-6-13(17-3)8-14(12)18-4/h5-8,15H,9H2,1-4H3/b10-7+. The summed E-state index contributed by atoms with van der Waals surface area (Å²) in [6, 6.07) is 5.65. The number of ketones is 1. The molecule has 0 heterocycles. The molecular weight excluding hydrogens is 230 g/mol. The van der Waals surface area contributed by atoms with E-state index in [1.165, 1.54) is 6.92 Å². The van der Waals surface area contributed by atoms with Gasteiger partial charge in [0.25, 0.3) is 0 Å². The normalized spacial score (nSPS) is 11.0. The van der Waals surface area contributed by atoms with Crippen LogP contribution in [0.25, 0.3) is 0 Å². The third-order valence-corrected chi connectivity index (χ3v) is 2.47. The number of hydrogen-bond donors (Lipinski definition) is 1. The Morgan fingerprint density at radius 2 is 2.00 bits per heavy atom. The van der Waals surface area contributed by atoms with Crippen molar-refractivity contribution in [2.24, 2.45) is 0 Å². The number of ether oxygens (including phenoxy) is 2. The topological polar surface area (TPSA) is 47.6 Å². The van der Waals surface area contributed by atoms with Crippen LogP contribution in [0.2, 0.25) is 0 Å². The first-order valence-electron chi connectivity index (χ1n) is 5.70. The van der Waals surface area contributed by atoms with Gasteiger partial charge in [0.05, 0.1) is 14.2 Å². The number of carbonyl (C=O) groups is 1. The van der Waals surface area contributed by atoms with Crippen molar-refractivity contribution in [2.45, 2.75) is 20.4 Å². The number of methoxy groups -OCH3 is 2. The van der Waals surface area contributed by atoms with Crippen LogP contribution >= 0.6 is 0 Å². The van der Waals surface area contributed by atoms with Gasteiger partial charge in [-0.15, -0.1) is 0 Å². The van der Waals surface area contributed by atoms with Crippen molar-refractivity contribution >= 4 is 5.78 Å². The molecule has 1 aromatic carbocycles. The highest BCUT2D eigenvalue weighted by molar-refractivity contribution is 5.87. The summed E-state index contributed by atoms with van der Waals surface area (Å²) in [6.45, 7) is 3.99. The largest absolute Gasteiger partial charge is 0.497 e. The second kappa shape index (κ2) is 6.69. The molecule has 0 amide bonds. The lowest BCUT2D eigenvalue weighted by atomic mass is 10.2. The summed E-state index contributed by atoms with van der Waals surface area (Å²) in [6.07, 6.45) is 1.57. The van der Waals surface area contributed by atoms with E-state index in [2.05, 4.69) is 5.32 Å². The summed E-state index contributed by atoms with van der Waals surface area (Å²) in [7, 11) is 3.24. The second-order valence-corrected chi connectivity index (χ2v) is 3.97. The molecule has 0 spiro atoms. The summed E-state index contributed by atoms with van der Waals surface area (Å²) < 4.78 is 10.4. The molecule has 0 saturated heterocycles. The van der Waals surface area contributed by atoms with E-state index in [9.17, 15) is 4.79 Å². The van der Waals surface area contributed by atoms with Crippen molar-refractivity contribution in [3.63, 3.8) is 0 Å². The molecule has 0 unspecified atom stereocenters. The lowest BCUT2D eigenvalue weighted by Crippen LogP contribution is -2.12. The summed E-state index contributed by atoms with van der Waals surface area (Å²) in [5.74, 6) is 1.55. The molecule has 0 aliphatic carbocycles. The van der Waals surface area contributed by atoms with Crippen molar-refractivity contribution in [3.05, 3.63) is 35.5 Å². The van der Waals surface area contributed by atoms with Crippen molar-refractivity contribution in [1.29, 1.82) is 0 Å². The summed E-state index contributed by atoms with van der Waals surface area (Å²) in [5.41, 5.74) is 1.84. The van der Waals surface area contributed by atoms with Crippen LogP contribution in [-0.2, 0) is 11.3 Å². The maximum absolute atomic E-state index is 10.9. The maximum atomic E-state index is 10.9. The van der Waals surface area contributed by atoms with Gasteiger partial charge in [-0.25, -0.2) is 0 Å². The van der Waals surface area contributed by atoms with Gasteiger partial charge in [0.2, 0.25) is 0 Å². The van der Waals surface area contributed by atoms with Gasteiger partial charge in [0.1, 0.15) is 11.5 Å². The lowest BCUT2D eigenvalue weighted by molar-refractivity contribution is -0.112. The zero-order chi connectivity index (χ0) is 13.5. The molecule has 4 heteroatoms. The van der Waals surface area contributed by atoms with Crippen LogP contribution in [0.4, 0.5) is 0 Å². The molecule has 4 nitrogen and oxygen atoms in total. The first kappa shape index (κ1) is 14.1. The maximum Gasteiger partial charge on any atom is 0.154 e. The van der Waals surface area contributed by atoms with E-state index in [-0.39, 0.29) is 5.78 Å². The predicted molar refractivity (Wildman–Crippen MR) is 70.8 cm³/mol. The highest BCUT2D eigenvalue weighted by Gasteiger charge is 2.04. The van der Waals surface area contributed by atoms with Crippen LogP contribution in [-0.4, -0.2) is 20.0 Å². The summed E-state index contributed by atoms with van der Waals surface area (Å²) in [5, 5.41) is 3.16. The average Bonchev–Trinajstić information content (AvgIpc) is 2.35. The fraction of sp³-hybridized carbons (Fsp3) is 0.357. The van der Waals surface area contributed by atoms with E-state index in [4.69, 9.17) is 9.47 Å². The SMILES string of the molecule is COc1ccc(CN/C(C)=C/C(C)=O)c(OC)c1. The first-order chi connectivity index (χ1) is 8.56. The monoisotopic (exact) mass is 249 g/mol. The van der Waals surface area contributed by atoms with Gasteiger partial charge < -0.3 is 14.8 Å². The molecule has 1 rings (SSSR count). The van der Waals surface area contributed by atoms with Crippen LogP contribution in [0.3, 0.4) is 0 Å². The number of allylic oxidation sites excluding steroid dienone is 2. The Kier molecular flexibility index (Phi) is 5.24. The quantitative estimate of drug-likeness (QED) is 0.786. The van der Waals surface area contributed by atoms with Crippen molar-refractivity contribution < 1.29 is 14.3 Å². The first-order valence-corrected chi connectivity index (χ1v) is 5.70. The van der Waals surface area contributed by atoms with E-state index in [1.807, 2.05) is 25.1 Å². The Labute approximate surface area is 108 Å². The van der Waals surface area contributed by atoms with Gasteiger partial charge in [0.15, 0.2) is 5.78 Å². The van der Waals surface area contributed by atoms with E-state index in [0.29, 0.717) is 6.54 Å². The minimum atomic E-state index is 0.0293. The van der Waals surface area contributed by atoms with Gasteiger partial charge in [-0.2, -0.15) is 0 Å². The number of rotatable bonds is 6. The Hall–Kier alpha value is -1.97. The number of hydrogen-bond acceptors (Lipinski definition) is 4. The summed E-state index contributed by atoms with van der Waals surface area (Å²) >= 11 is 0. The van der Waals surface area contributed by atoms with E-state index < -0.39 is 0 Å². The Bertz CT molecular complexity index is 452. The fourth-order valence-corrected chi connectivity index (χ4v) is 1.59. The molecule has 0 saturated carbocycles. The third-order valence-electron chi connectivity index (χ3n) is 2.47. The minimum absolute atomic E-state index is 0.0293. The van der Waals surface area contributed by atoms with E-state index in [0.717, 1.165) is 22.8 Å². The molecule has 1 N–H and O–H groups in total. The van der Waals surface area contributed by atoms with Gasteiger partial charge in [-0.3, -0.25) is 4.79 Å². The molecule has 0 radical (unpaired) electrons. The molecule has 0 aromatic heterocycles. The second-order valence-electron chi connectivity index (χ2n) is 3.97. The van der Waals surface area contributed by atoms with Crippen LogP contribution in [0.15, 0.2) is 30.0 Å². The molecule has 18 heavy (non-hydrogen) atoms. The fourth-order valence-electron chi connectivity index (χ4n) is 1.59. The Morgan fingerprint density at radius 3 is 2.56 bits per heavy atom.